The molecule has 0 aromatic heterocycles. The third-order valence-electron chi connectivity index (χ3n) is 17.9. The first-order valence-corrected chi connectivity index (χ1v) is 51.1. The van der Waals surface area contributed by atoms with Gasteiger partial charge in [-0.05, 0) is 89.0 Å². The Kier molecular flexibility index (Phi) is 25.1. The average Bonchev–Trinajstić information content (AvgIpc) is 3.50. The van der Waals surface area contributed by atoms with Gasteiger partial charge in [0.1, 0.15) is 17.2 Å². The van der Waals surface area contributed by atoms with Gasteiger partial charge in [0, 0.05) is 48.4 Å². The Morgan fingerprint density at radius 2 is 0.468 bits per heavy atom. The Labute approximate surface area is 489 Å². The monoisotopic (exact) mass is 1160 g/mol. The summed E-state index contributed by atoms with van der Waals surface area (Å²) in [6.07, 6.45) is 11.3. The first kappa shape index (κ1) is 64.2. The first-order chi connectivity index (χ1) is 37.6. The standard InChI is InChI=1S/C70H106O3Si6/c1-74(2,52-28-16-25-49-71-67-43-37-64(38-44-67)61-31-19-13-20-32-61)55-58-77(7,8)70(78(9,10)59-56-75(3,4)53-29-17-26-50-72-68-45-39-65(40-46-68)62-33-21-14-22-34-62)79(11,12)60-57-76(5,6)54-30-18-27-51-73-69-47-41-66(42-48-69)63-35-23-15-24-36-63/h13-15,19-24,31-48,70H,16-18,25-30,49-60H2,1-12H3. The Hall–Kier alpha value is -3.98. The average molecular weight is 1160 g/mol. The third-order valence-corrected chi connectivity index (χ3v) is 52.7. The summed E-state index contributed by atoms with van der Waals surface area (Å²) in [4.78, 5) is 1.06. The fourth-order valence-electron chi connectivity index (χ4n) is 13.3. The molecule has 79 heavy (non-hydrogen) atoms. The van der Waals surface area contributed by atoms with Gasteiger partial charge in [-0.2, -0.15) is 0 Å². The van der Waals surface area contributed by atoms with E-state index in [0.29, 0.717) is 0 Å². The topological polar surface area (TPSA) is 27.7 Å². The van der Waals surface area contributed by atoms with Crippen molar-refractivity contribution >= 4 is 48.4 Å². The second-order valence-electron chi connectivity index (χ2n) is 28.0. The molecule has 9 heteroatoms. The normalized spacial score (nSPS) is 12.7. The molecular formula is C70H106O3Si6. The molecule has 0 N–H and O–H groups in total. The van der Waals surface area contributed by atoms with Crippen molar-refractivity contribution < 1.29 is 14.2 Å². The summed E-state index contributed by atoms with van der Waals surface area (Å²) in [5.41, 5.74) is 7.50. The molecule has 0 unspecified atom stereocenters. The van der Waals surface area contributed by atoms with Crippen LogP contribution in [0.2, 0.25) is 138 Å². The van der Waals surface area contributed by atoms with Crippen LogP contribution in [-0.2, 0) is 0 Å². The minimum absolute atomic E-state index is 0.814. The Morgan fingerprint density at radius 1 is 0.241 bits per heavy atom. The van der Waals surface area contributed by atoms with Crippen LogP contribution in [0.3, 0.4) is 0 Å². The molecule has 428 valence electrons. The van der Waals surface area contributed by atoms with Gasteiger partial charge in [0.05, 0.1) is 19.8 Å². The second-order valence-corrected chi connectivity index (χ2v) is 60.9. The van der Waals surface area contributed by atoms with Crippen molar-refractivity contribution in [2.75, 3.05) is 19.8 Å². The maximum atomic E-state index is 6.23. The van der Waals surface area contributed by atoms with Crippen molar-refractivity contribution in [3.05, 3.63) is 164 Å². The van der Waals surface area contributed by atoms with Gasteiger partial charge in [-0.3, -0.25) is 0 Å². The maximum Gasteiger partial charge on any atom is 0.119 e. The fraction of sp³-hybridized carbons (Fsp3) is 0.486. The molecule has 0 spiro atoms. The number of unbranched alkanes of at least 4 members (excludes halogenated alkanes) is 6. The van der Waals surface area contributed by atoms with Gasteiger partial charge in [0.25, 0.3) is 0 Å². The highest BCUT2D eigenvalue weighted by atomic mass is 28.5. The van der Waals surface area contributed by atoms with Crippen LogP contribution < -0.4 is 14.2 Å². The molecule has 0 heterocycles. The minimum atomic E-state index is -1.57. The van der Waals surface area contributed by atoms with Crippen molar-refractivity contribution in [2.24, 2.45) is 0 Å². The van der Waals surface area contributed by atoms with E-state index in [1.54, 1.807) is 18.1 Å². The van der Waals surface area contributed by atoms with E-state index in [0.717, 1.165) is 61.1 Å². The summed E-state index contributed by atoms with van der Waals surface area (Å²) < 4.78 is 18.7. The quantitative estimate of drug-likeness (QED) is 0.0290. The molecule has 6 aromatic carbocycles. The highest BCUT2D eigenvalue weighted by Crippen LogP contribution is 2.49. The third kappa shape index (κ3) is 22.4. The van der Waals surface area contributed by atoms with Gasteiger partial charge in [-0.15, -0.1) is 0 Å². The Balaban J connectivity index is 0.982. The molecule has 0 aliphatic heterocycles. The molecular weight excluding hydrogens is 1060 g/mol. The Morgan fingerprint density at radius 3 is 0.709 bits per heavy atom. The van der Waals surface area contributed by atoms with Crippen LogP contribution >= 0.6 is 0 Å². The number of benzene rings is 6. The molecule has 0 fully saturated rings. The molecule has 0 atom stereocenters. The van der Waals surface area contributed by atoms with Gasteiger partial charge in [-0.25, -0.2) is 0 Å². The van der Waals surface area contributed by atoms with Crippen LogP contribution in [-0.4, -0.2) is 68.3 Å². The van der Waals surface area contributed by atoms with Gasteiger partial charge in [-0.1, -0.05) is 304 Å². The molecule has 6 aromatic rings. The fourth-order valence-corrected chi connectivity index (χ4v) is 62.4. The molecule has 6 rings (SSSR count). The molecule has 0 aliphatic rings. The molecule has 3 nitrogen and oxygen atoms in total. The van der Waals surface area contributed by atoms with E-state index < -0.39 is 48.4 Å². The smallest absolute Gasteiger partial charge is 0.119 e. The summed E-state index contributed by atoms with van der Waals surface area (Å²) in [6.45, 7) is 36.2. The molecule has 0 amide bonds. The van der Waals surface area contributed by atoms with Crippen molar-refractivity contribution in [1.29, 1.82) is 0 Å². The predicted molar refractivity (Wildman–Crippen MR) is 366 cm³/mol. The van der Waals surface area contributed by atoms with Crippen LogP contribution in [0.15, 0.2) is 164 Å². The molecule has 0 bridgehead atoms. The lowest BCUT2D eigenvalue weighted by Gasteiger charge is -2.52. The summed E-state index contributed by atoms with van der Waals surface area (Å²) in [7, 11) is -8.70. The number of rotatable bonds is 36. The lowest BCUT2D eigenvalue weighted by atomic mass is 10.1. The molecule has 0 saturated carbocycles. The molecule has 0 aliphatic carbocycles. The lowest BCUT2D eigenvalue weighted by molar-refractivity contribution is 0.306. The van der Waals surface area contributed by atoms with E-state index >= 15 is 0 Å². The van der Waals surface area contributed by atoms with E-state index in [1.807, 2.05) is 0 Å². The zero-order valence-electron chi connectivity index (χ0n) is 51.7. The van der Waals surface area contributed by atoms with Gasteiger partial charge in [0.2, 0.25) is 0 Å². The predicted octanol–water partition coefficient (Wildman–Crippen LogP) is 22.4. The highest BCUT2D eigenvalue weighted by Gasteiger charge is 2.52. The van der Waals surface area contributed by atoms with Crippen LogP contribution in [0.25, 0.3) is 33.4 Å². The number of ether oxygens (including phenoxy) is 3. The first-order valence-electron chi connectivity index (χ1n) is 31.0. The van der Waals surface area contributed by atoms with E-state index in [4.69, 9.17) is 14.2 Å². The maximum absolute atomic E-state index is 6.23. The van der Waals surface area contributed by atoms with Gasteiger partial charge in [0.15, 0.2) is 0 Å². The van der Waals surface area contributed by atoms with Crippen LogP contribution in [0.1, 0.15) is 57.8 Å². The Bertz CT molecular complexity index is 2320. The summed E-state index contributed by atoms with van der Waals surface area (Å²) in [5.74, 6) is 2.97. The summed E-state index contributed by atoms with van der Waals surface area (Å²) in [5, 5.41) is 0. The van der Waals surface area contributed by atoms with Crippen molar-refractivity contribution in [3.8, 4) is 50.6 Å². The second kappa shape index (κ2) is 30.9. The zero-order chi connectivity index (χ0) is 56.8. The molecule has 0 saturated heterocycles. The van der Waals surface area contributed by atoms with Crippen molar-refractivity contribution in [3.63, 3.8) is 0 Å². The van der Waals surface area contributed by atoms with Crippen molar-refractivity contribution in [2.45, 2.75) is 196 Å². The van der Waals surface area contributed by atoms with E-state index in [-0.39, 0.29) is 0 Å². The highest BCUT2D eigenvalue weighted by molar-refractivity contribution is 7.13. The van der Waals surface area contributed by atoms with Crippen LogP contribution in [0.4, 0.5) is 0 Å². The summed E-state index contributed by atoms with van der Waals surface area (Å²) in [6, 6.07) is 71.4. The lowest BCUT2D eigenvalue weighted by Crippen LogP contribution is -2.60. The van der Waals surface area contributed by atoms with E-state index in [2.05, 4.69) is 242 Å². The summed E-state index contributed by atoms with van der Waals surface area (Å²) >= 11 is 0. The van der Waals surface area contributed by atoms with E-state index in [1.165, 1.54) is 108 Å². The van der Waals surface area contributed by atoms with Crippen molar-refractivity contribution in [1.82, 2.24) is 0 Å². The molecule has 0 radical (unpaired) electrons. The van der Waals surface area contributed by atoms with Gasteiger partial charge < -0.3 is 14.2 Å². The van der Waals surface area contributed by atoms with Gasteiger partial charge >= 0.3 is 0 Å². The largest absolute Gasteiger partial charge is 0.494 e. The van der Waals surface area contributed by atoms with Crippen LogP contribution in [0.5, 0.6) is 17.2 Å². The zero-order valence-corrected chi connectivity index (χ0v) is 57.7. The SMILES string of the molecule is C[Si](C)(CCCCCOc1ccc(-c2ccccc2)cc1)CC[Si](C)(C)C([Si](C)(C)CC[Si](C)(C)CCCCCOc1ccc(-c2ccccc2)cc1)[Si](C)(C)CC[Si](C)(C)CCCCCOc1ccc(-c2ccccc2)cc1. The minimum Gasteiger partial charge on any atom is -0.494 e. The number of hydrogen-bond donors (Lipinski definition) is 0. The number of hydrogen-bond acceptors (Lipinski definition) is 3. The van der Waals surface area contributed by atoms with Crippen LogP contribution in [0, 0.1) is 0 Å². The van der Waals surface area contributed by atoms with E-state index in [9.17, 15) is 0 Å².